The molecule has 0 aromatic carbocycles. The van der Waals surface area contributed by atoms with Crippen LogP contribution in [-0.4, -0.2) is 31.2 Å². The van der Waals surface area contributed by atoms with Gasteiger partial charge in [0.25, 0.3) is 0 Å². The first-order chi connectivity index (χ1) is 6.92. The minimum Gasteiger partial charge on any atom is -0.364 e. The molecule has 1 fully saturated rings. The molecule has 15 heavy (non-hydrogen) atoms. The van der Waals surface area contributed by atoms with Gasteiger partial charge in [-0.2, -0.15) is 0 Å². The number of carbonyl (C=O) groups is 1. The van der Waals surface area contributed by atoms with Crippen LogP contribution >= 0.6 is 0 Å². The summed E-state index contributed by atoms with van der Waals surface area (Å²) < 4.78 is 5.50. The molecular weight excluding hydrogens is 192 g/mol. The molecule has 3 N–H and O–H groups in total. The fraction of sp³-hybridized carbons (Fsp3) is 0.909. The molecule has 0 aromatic rings. The standard InChI is InChI=1S/C11H22N2O2/c1-11(2,3)7-13-10(14)9-5-4-8(6-12)15-9/h8-9H,4-7,12H2,1-3H3,(H,13,14)/t8-,9+/m1/s1. The average molecular weight is 214 g/mol. The Bertz CT molecular complexity index is 223. The molecule has 1 aliphatic rings. The predicted octanol–water partition coefficient (Wildman–Crippen LogP) is 0.655. The molecule has 1 saturated heterocycles. The zero-order valence-corrected chi connectivity index (χ0v) is 9.88. The van der Waals surface area contributed by atoms with E-state index in [9.17, 15) is 4.79 Å². The zero-order chi connectivity index (χ0) is 11.5. The fourth-order valence-corrected chi connectivity index (χ4v) is 1.54. The van der Waals surface area contributed by atoms with E-state index in [0.29, 0.717) is 13.1 Å². The molecule has 0 aliphatic carbocycles. The van der Waals surface area contributed by atoms with E-state index in [-0.39, 0.29) is 23.5 Å². The summed E-state index contributed by atoms with van der Waals surface area (Å²) in [7, 11) is 0. The van der Waals surface area contributed by atoms with Crippen LogP contribution in [0.5, 0.6) is 0 Å². The van der Waals surface area contributed by atoms with Crippen LogP contribution in [0, 0.1) is 5.41 Å². The molecule has 88 valence electrons. The molecule has 0 aromatic heterocycles. The third-order valence-corrected chi connectivity index (χ3v) is 2.46. The second kappa shape index (κ2) is 4.94. The summed E-state index contributed by atoms with van der Waals surface area (Å²) in [6.07, 6.45) is 1.46. The second-order valence-corrected chi connectivity index (χ2v) is 5.34. The van der Waals surface area contributed by atoms with Crippen LogP contribution in [-0.2, 0) is 9.53 Å². The summed E-state index contributed by atoms with van der Waals surface area (Å²) in [4.78, 5) is 11.7. The minimum absolute atomic E-state index is 0.000810. The molecule has 2 atom stereocenters. The van der Waals surface area contributed by atoms with E-state index in [0.717, 1.165) is 12.8 Å². The largest absolute Gasteiger partial charge is 0.364 e. The van der Waals surface area contributed by atoms with Crippen molar-refractivity contribution in [3.8, 4) is 0 Å². The summed E-state index contributed by atoms with van der Waals surface area (Å²) in [6.45, 7) is 7.45. The maximum Gasteiger partial charge on any atom is 0.249 e. The molecule has 0 saturated carbocycles. The van der Waals surface area contributed by atoms with Gasteiger partial charge >= 0.3 is 0 Å². The Labute approximate surface area is 91.5 Å². The van der Waals surface area contributed by atoms with E-state index in [1.54, 1.807) is 0 Å². The Hall–Kier alpha value is -0.610. The molecule has 0 bridgehead atoms. The van der Waals surface area contributed by atoms with Crippen LogP contribution in [0.3, 0.4) is 0 Å². The highest BCUT2D eigenvalue weighted by atomic mass is 16.5. The van der Waals surface area contributed by atoms with Crippen LogP contribution in [0.2, 0.25) is 0 Å². The third kappa shape index (κ3) is 4.18. The maximum absolute atomic E-state index is 11.7. The highest BCUT2D eigenvalue weighted by molar-refractivity contribution is 5.81. The van der Waals surface area contributed by atoms with Gasteiger partial charge in [-0.05, 0) is 18.3 Å². The number of hydrogen-bond acceptors (Lipinski definition) is 3. The van der Waals surface area contributed by atoms with Crippen molar-refractivity contribution in [3.05, 3.63) is 0 Å². The van der Waals surface area contributed by atoms with Crippen LogP contribution in [0.4, 0.5) is 0 Å². The lowest BCUT2D eigenvalue weighted by atomic mass is 9.97. The van der Waals surface area contributed by atoms with Gasteiger partial charge in [-0.25, -0.2) is 0 Å². The van der Waals surface area contributed by atoms with Gasteiger partial charge in [0.1, 0.15) is 6.10 Å². The first-order valence-corrected chi connectivity index (χ1v) is 5.55. The number of nitrogens with two attached hydrogens (primary N) is 1. The summed E-state index contributed by atoms with van der Waals surface area (Å²) in [5.41, 5.74) is 5.60. The molecule has 4 nitrogen and oxygen atoms in total. The minimum atomic E-state index is -0.291. The van der Waals surface area contributed by atoms with Crippen LogP contribution in [0.15, 0.2) is 0 Å². The molecule has 1 heterocycles. The van der Waals surface area contributed by atoms with E-state index in [2.05, 4.69) is 26.1 Å². The van der Waals surface area contributed by atoms with E-state index < -0.39 is 0 Å². The second-order valence-electron chi connectivity index (χ2n) is 5.34. The summed E-state index contributed by atoms with van der Waals surface area (Å²) in [5, 5.41) is 2.90. The molecule has 0 unspecified atom stereocenters. The van der Waals surface area contributed by atoms with Gasteiger partial charge in [-0.1, -0.05) is 20.8 Å². The highest BCUT2D eigenvalue weighted by Gasteiger charge is 2.30. The van der Waals surface area contributed by atoms with Crippen molar-refractivity contribution in [2.75, 3.05) is 13.1 Å². The van der Waals surface area contributed by atoms with Gasteiger partial charge < -0.3 is 15.8 Å². The van der Waals surface area contributed by atoms with E-state index in [1.165, 1.54) is 0 Å². The van der Waals surface area contributed by atoms with Crippen molar-refractivity contribution in [2.45, 2.75) is 45.8 Å². The Balaban J connectivity index is 2.30. The zero-order valence-electron chi connectivity index (χ0n) is 9.88. The number of hydrogen-bond donors (Lipinski definition) is 2. The lowest BCUT2D eigenvalue weighted by Crippen LogP contribution is -2.39. The quantitative estimate of drug-likeness (QED) is 0.725. The van der Waals surface area contributed by atoms with Crippen molar-refractivity contribution in [1.29, 1.82) is 0 Å². The molecule has 1 rings (SSSR count). The summed E-state index contributed by atoms with van der Waals surface area (Å²) in [5.74, 6) is 0.000810. The molecule has 4 heteroatoms. The van der Waals surface area contributed by atoms with Crippen LogP contribution in [0.25, 0.3) is 0 Å². The SMILES string of the molecule is CC(C)(C)CNC(=O)[C@@H]1CC[C@H](CN)O1. The number of carbonyl (C=O) groups excluding carboxylic acids is 1. The van der Waals surface area contributed by atoms with Crippen molar-refractivity contribution in [1.82, 2.24) is 5.32 Å². The smallest absolute Gasteiger partial charge is 0.249 e. The number of ether oxygens (including phenoxy) is 1. The first kappa shape index (κ1) is 12.5. The number of nitrogens with one attached hydrogen (secondary N) is 1. The van der Waals surface area contributed by atoms with Gasteiger partial charge in [0.05, 0.1) is 6.10 Å². The molecule has 1 aliphatic heterocycles. The van der Waals surface area contributed by atoms with Crippen molar-refractivity contribution in [3.63, 3.8) is 0 Å². The van der Waals surface area contributed by atoms with Gasteiger partial charge in [-0.3, -0.25) is 4.79 Å². The Morgan fingerprint density at radius 3 is 2.60 bits per heavy atom. The first-order valence-electron chi connectivity index (χ1n) is 5.55. The summed E-state index contributed by atoms with van der Waals surface area (Å²) >= 11 is 0. The molecule has 0 spiro atoms. The topological polar surface area (TPSA) is 64.4 Å². The highest BCUT2D eigenvalue weighted by Crippen LogP contribution is 2.19. The molecule has 1 amide bonds. The fourth-order valence-electron chi connectivity index (χ4n) is 1.54. The van der Waals surface area contributed by atoms with E-state index in [1.807, 2.05) is 0 Å². The Kier molecular flexibility index (Phi) is 4.11. The normalized spacial score (nSPS) is 26.7. The van der Waals surface area contributed by atoms with E-state index >= 15 is 0 Å². The van der Waals surface area contributed by atoms with Crippen LogP contribution < -0.4 is 11.1 Å². The lowest BCUT2D eigenvalue weighted by molar-refractivity contribution is -0.132. The lowest BCUT2D eigenvalue weighted by Gasteiger charge is -2.20. The number of rotatable bonds is 3. The Morgan fingerprint density at radius 2 is 2.13 bits per heavy atom. The van der Waals surface area contributed by atoms with Gasteiger partial charge in [-0.15, -0.1) is 0 Å². The van der Waals surface area contributed by atoms with Crippen molar-refractivity contribution < 1.29 is 9.53 Å². The molecular formula is C11H22N2O2. The number of amides is 1. The van der Waals surface area contributed by atoms with Crippen molar-refractivity contribution >= 4 is 5.91 Å². The van der Waals surface area contributed by atoms with Crippen LogP contribution in [0.1, 0.15) is 33.6 Å². The summed E-state index contributed by atoms with van der Waals surface area (Å²) in [6, 6.07) is 0. The van der Waals surface area contributed by atoms with Gasteiger partial charge in [0.15, 0.2) is 0 Å². The van der Waals surface area contributed by atoms with Crippen molar-refractivity contribution in [2.24, 2.45) is 11.1 Å². The maximum atomic E-state index is 11.7. The van der Waals surface area contributed by atoms with Gasteiger partial charge in [0.2, 0.25) is 5.91 Å². The van der Waals surface area contributed by atoms with Gasteiger partial charge in [0, 0.05) is 13.1 Å². The van der Waals surface area contributed by atoms with E-state index in [4.69, 9.17) is 10.5 Å². The third-order valence-electron chi connectivity index (χ3n) is 2.46. The molecule has 0 radical (unpaired) electrons. The predicted molar refractivity (Wildman–Crippen MR) is 59.4 cm³/mol. The Morgan fingerprint density at radius 1 is 1.47 bits per heavy atom. The monoisotopic (exact) mass is 214 g/mol. The average Bonchev–Trinajstić information content (AvgIpc) is 2.61.